The molecule has 1 fully saturated rings. The Labute approximate surface area is 197 Å². The predicted octanol–water partition coefficient (Wildman–Crippen LogP) is 5.60. The topological polar surface area (TPSA) is 45.2 Å². The van der Waals surface area contributed by atoms with Crippen molar-refractivity contribution >= 4 is 23.5 Å². The molecule has 2 aromatic rings. The monoisotopic (exact) mass is 477 g/mol. The molecule has 1 aromatic heterocycles. The second kappa shape index (κ2) is 9.20. The number of anilines is 1. The number of alkyl halides is 3. The van der Waals surface area contributed by atoms with E-state index < -0.39 is 18.1 Å². The van der Waals surface area contributed by atoms with Crippen LogP contribution in [0.15, 0.2) is 42.6 Å². The molecule has 1 aliphatic carbocycles. The van der Waals surface area contributed by atoms with Crippen LogP contribution in [0.1, 0.15) is 49.4 Å². The zero-order chi connectivity index (χ0) is 23.8. The Morgan fingerprint density at radius 2 is 1.88 bits per heavy atom. The number of carbonyl (C=O) groups is 1. The van der Waals surface area contributed by atoms with Gasteiger partial charge in [-0.1, -0.05) is 44.2 Å². The first-order chi connectivity index (χ1) is 15.6. The van der Waals surface area contributed by atoms with Gasteiger partial charge >= 0.3 is 6.18 Å². The molecule has 1 aromatic carbocycles. The highest BCUT2D eigenvalue weighted by atomic mass is 32.2. The molecule has 1 amide bonds. The van der Waals surface area contributed by atoms with E-state index in [2.05, 4.69) is 36.3 Å². The summed E-state index contributed by atoms with van der Waals surface area (Å²) in [6.45, 7) is 4.32. The van der Waals surface area contributed by atoms with Gasteiger partial charge in [-0.25, -0.2) is 4.98 Å². The van der Waals surface area contributed by atoms with Crippen molar-refractivity contribution < 1.29 is 18.0 Å². The van der Waals surface area contributed by atoms with Crippen LogP contribution in [0.25, 0.3) is 0 Å². The number of pyridine rings is 1. The number of hydrogen-bond donors (Lipinski definition) is 1. The summed E-state index contributed by atoms with van der Waals surface area (Å²) in [4.78, 5) is 18.0. The van der Waals surface area contributed by atoms with Crippen LogP contribution in [-0.2, 0) is 16.6 Å². The summed E-state index contributed by atoms with van der Waals surface area (Å²) >= 11 is 1.74. The quantitative estimate of drug-likeness (QED) is 0.609. The summed E-state index contributed by atoms with van der Waals surface area (Å²) in [5, 5.41) is 3.41. The highest BCUT2D eigenvalue weighted by molar-refractivity contribution is 7.99. The number of carbonyl (C=O) groups excluding carboxylic acids is 1. The lowest BCUT2D eigenvalue weighted by Gasteiger charge is -2.34. The molecule has 8 heteroatoms. The fourth-order valence-corrected chi connectivity index (χ4v) is 6.15. The van der Waals surface area contributed by atoms with Crippen molar-refractivity contribution in [2.75, 3.05) is 23.9 Å². The number of benzene rings is 1. The first kappa shape index (κ1) is 23.9. The normalized spacial score (nSPS) is 21.3. The van der Waals surface area contributed by atoms with Gasteiger partial charge in [0.25, 0.3) is 0 Å². The van der Waals surface area contributed by atoms with Crippen LogP contribution in [0.5, 0.6) is 0 Å². The van der Waals surface area contributed by atoms with E-state index in [1.54, 1.807) is 17.8 Å². The Morgan fingerprint density at radius 1 is 1.18 bits per heavy atom. The fraction of sp³-hybridized carbons (Fsp3) is 0.520. The average molecular weight is 478 g/mol. The van der Waals surface area contributed by atoms with E-state index in [1.807, 2.05) is 12.1 Å². The summed E-state index contributed by atoms with van der Waals surface area (Å²) in [5.41, 5.74) is 2.40. The Morgan fingerprint density at radius 3 is 2.48 bits per heavy atom. The zero-order valence-corrected chi connectivity index (χ0v) is 20.0. The number of aromatic nitrogens is 1. The number of hydrogen-bond acceptors (Lipinski definition) is 4. The lowest BCUT2D eigenvalue weighted by atomic mass is 9.83. The van der Waals surface area contributed by atoms with Crippen molar-refractivity contribution in [3.8, 4) is 0 Å². The second-order valence-corrected chi connectivity index (χ2v) is 10.8. The van der Waals surface area contributed by atoms with Gasteiger partial charge in [0, 0.05) is 36.2 Å². The van der Waals surface area contributed by atoms with E-state index in [0.717, 1.165) is 22.8 Å². The summed E-state index contributed by atoms with van der Waals surface area (Å²) in [6.07, 6.45) is -1.26. The molecule has 0 saturated carbocycles. The van der Waals surface area contributed by atoms with Crippen molar-refractivity contribution in [1.29, 1.82) is 0 Å². The maximum absolute atomic E-state index is 14.0. The third-order valence-electron chi connectivity index (χ3n) is 7.05. The second-order valence-electron chi connectivity index (χ2n) is 9.54. The summed E-state index contributed by atoms with van der Waals surface area (Å²) in [7, 11) is 1.26. The summed E-state index contributed by atoms with van der Waals surface area (Å²) in [6, 6.07) is 9.38. The predicted molar refractivity (Wildman–Crippen MR) is 126 cm³/mol. The van der Waals surface area contributed by atoms with Crippen LogP contribution < -0.4 is 5.32 Å². The van der Waals surface area contributed by atoms with E-state index in [4.69, 9.17) is 0 Å². The molecule has 0 radical (unpaired) electrons. The molecule has 1 saturated heterocycles. The van der Waals surface area contributed by atoms with Crippen molar-refractivity contribution in [2.24, 2.45) is 5.92 Å². The molecule has 2 aliphatic rings. The number of halogens is 3. The van der Waals surface area contributed by atoms with Crippen molar-refractivity contribution in [2.45, 2.75) is 56.8 Å². The van der Waals surface area contributed by atoms with E-state index in [0.29, 0.717) is 18.7 Å². The third-order valence-corrected chi connectivity index (χ3v) is 8.10. The van der Waals surface area contributed by atoms with Crippen molar-refractivity contribution in [3.05, 3.63) is 59.3 Å². The van der Waals surface area contributed by atoms with E-state index in [-0.39, 0.29) is 22.9 Å². The van der Waals surface area contributed by atoms with E-state index >= 15 is 0 Å². The number of thioether (sulfide) groups is 1. The molecule has 1 N–H and O–H groups in total. The first-order valence-corrected chi connectivity index (χ1v) is 12.5. The fourth-order valence-electron chi connectivity index (χ4n) is 5.04. The van der Waals surface area contributed by atoms with Gasteiger partial charge in [-0.2, -0.15) is 24.9 Å². The lowest BCUT2D eigenvalue weighted by molar-refractivity contribution is -0.190. The minimum atomic E-state index is -4.58. The van der Waals surface area contributed by atoms with Crippen molar-refractivity contribution in [3.63, 3.8) is 0 Å². The lowest BCUT2D eigenvalue weighted by Crippen LogP contribution is -2.43. The molecular formula is C25H30F3N3OS. The van der Waals surface area contributed by atoms with Gasteiger partial charge in [0.1, 0.15) is 5.82 Å². The smallest absolute Gasteiger partial charge is 0.366 e. The summed E-state index contributed by atoms with van der Waals surface area (Å²) < 4.78 is 42.1. The molecule has 4 nitrogen and oxygen atoms in total. The van der Waals surface area contributed by atoms with Gasteiger partial charge < -0.3 is 10.2 Å². The Bertz CT molecular complexity index is 987. The molecule has 2 atom stereocenters. The molecule has 2 heterocycles. The van der Waals surface area contributed by atoms with Gasteiger partial charge in [0.15, 0.2) is 6.04 Å². The first-order valence-electron chi connectivity index (χ1n) is 11.3. The molecule has 0 bridgehead atoms. The zero-order valence-electron chi connectivity index (χ0n) is 19.2. The number of amides is 1. The minimum Gasteiger partial charge on any atom is -0.366 e. The maximum Gasteiger partial charge on any atom is 0.413 e. The van der Waals surface area contributed by atoms with Crippen molar-refractivity contribution in [1.82, 2.24) is 9.88 Å². The standard InChI is InChI=1S/C25H30F3N3OS/c1-24(2)19-7-5-4-6-17(19)14-20(24)30-21-9-8-18(15-29-21)22(25(26,27)28)31(3)23(32)16-10-12-33-13-11-16/h4-9,15-16,20,22H,10-14H2,1-3H3,(H,29,30). The Balaban J connectivity index is 1.51. The maximum atomic E-state index is 14.0. The van der Waals surface area contributed by atoms with Gasteiger partial charge in [0.05, 0.1) is 0 Å². The van der Waals surface area contributed by atoms with Crippen LogP contribution in [-0.4, -0.2) is 46.6 Å². The average Bonchev–Trinajstić information content (AvgIpc) is 3.04. The van der Waals surface area contributed by atoms with Crippen LogP contribution in [0, 0.1) is 5.92 Å². The molecule has 1 aliphatic heterocycles. The van der Waals surface area contributed by atoms with E-state index in [1.165, 1.54) is 30.4 Å². The van der Waals surface area contributed by atoms with Gasteiger partial charge in [-0.15, -0.1) is 0 Å². The van der Waals surface area contributed by atoms with Crippen LogP contribution in [0.4, 0.5) is 19.0 Å². The Kier molecular flexibility index (Phi) is 6.67. The van der Waals surface area contributed by atoms with Crippen LogP contribution in [0.2, 0.25) is 0 Å². The Hall–Kier alpha value is -2.22. The minimum absolute atomic E-state index is 0.0250. The number of fused-ring (bicyclic) bond motifs is 1. The van der Waals surface area contributed by atoms with E-state index in [9.17, 15) is 18.0 Å². The number of rotatable bonds is 5. The number of nitrogens with zero attached hydrogens (tertiary/aromatic N) is 2. The molecular weight excluding hydrogens is 447 g/mol. The SMILES string of the molecule is CN(C(=O)C1CCSCC1)C(c1ccc(NC2Cc3ccccc3C2(C)C)nc1)C(F)(F)F. The van der Waals surface area contributed by atoms with Gasteiger partial charge in [0.2, 0.25) is 5.91 Å². The summed E-state index contributed by atoms with van der Waals surface area (Å²) in [5.74, 6) is 1.37. The highest BCUT2D eigenvalue weighted by Crippen LogP contribution is 2.41. The highest BCUT2D eigenvalue weighted by Gasteiger charge is 2.46. The van der Waals surface area contributed by atoms with Crippen LogP contribution >= 0.6 is 11.8 Å². The molecule has 0 spiro atoms. The third kappa shape index (κ3) is 4.86. The van der Waals surface area contributed by atoms with Gasteiger partial charge in [-0.3, -0.25) is 4.79 Å². The number of nitrogens with one attached hydrogen (secondary N) is 1. The molecule has 178 valence electrons. The van der Waals surface area contributed by atoms with Crippen LogP contribution in [0.3, 0.4) is 0 Å². The molecule has 33 heavy (non-hydrogen) atoms. The largest absolute Gasteiger partial charge is 0.413 e. The molecule has 4 rings (SSSR count). The molecule has 2 unspecified atom stereocenters. The van der Waals surface area contributed by atoms with Gasteiger partial charge in [-0.05, 0) is 48.0 Å².